The SMILES string of the molecule is C=CC(Cc1cccs1)(N=Cc1cc(C(F)(F)F)cc(C(F)(F)F)c1)C(=O)OC. The van der Waals surface area contributed by atoms with E-state index in [9.17, 15) is 31.1 Å². The second-order valence-electron chi connectivity index (χ2n) is 5.97. The van der Waals surface area contributed by atoms with Crippen molar-refractivity contribution >= 4 is 23.5 Å². The van der Waals surface area contributed by atoms with Gasteiger partial charge in [0.05, 0.1) is 18.2 Å². The van der Waals surface area contributed by atoms with Crippen molar-refractivity contribution in [1.29, 1.82) is 0 Å². The van der Waals surface area contributed by atoms with Crippen LogP contribution >= 0.6 is 11.3 Å². The predicted octanol–water partition coefficient (Wildman–Crippen LogP) is 5.55. The molecule has 0 aliphatic carbocycles. The molecule has 0 aliphatic heterocycles. The number of methoxy groups -OCH3 is 1. The van der Waals surface area contributed by atoms with Gasteiger partial charge < -0.3 is 4.74 Å². The molecular formula is C19H15F6NO2S. The van der Waals surface area contributed by atoms with E-state index in [-0.39, 0.29) is 12.5 Å². The van der Waals surface area contributed by atoms with Gasteiger partial charge in [-0.3, -0.25) is 4.99 Å². The second-order valence-corrected chi connectivity index (χ2v) is 7.01. The lowest BCUT2D eigenvalue weighted by molar-refractivity contribution is -0.145. The first-order valence-electron chi connectivity index (χ1n) is 8.00. The third kappa shape index (κ3) is 5.47. The average molecular weight is 435 g/mol. The maximum atomic E-state index is 13.0. The van der Waals surface area contributed by atoms with Crippen LogP contribution in [0.4, 0.5) is 26.3 Å². The van der Waals surface area contributed by atoms with Crippen LogP contribution in [0.1, 0.15) is 21.6 Å². The quantitative estimate of drug-likeness (QED) is 0.259. The largest absolute Gasteiger partial charge is 0.467 e. The third-order valence-electron chi connectivity index (χ3n) is 3.95. The second kappa shape index (κ2) is 8.40. The number of alkyl halides is 6. The van der Waals surface area contributed by atoms with Crippen molar-refractivity contribution in [2.75, 3.05) is 7.11 Å². The number of carbonyl (C=O) groups excluding carboxylic acids is 1. The molecule has 0 bridgehead atoms. The van der Waals surface area contributed by atoms with Crippen molar-refractivity contribution in [2.45, 2.75) is 24.3 Å². The van der Waals surface area contributed by atoms with Crippen LogP contribution in [0.5, 0.6) is 0 Å². The van der Waals surface area contributed by atoms with Crippen LogP contribution in [0.3, 0.4) is 0 Å². The summed E-state index contributed by atoms with van der Waals surface area (Å²) in [7, 11) is 1.09. The molecule has 29 heavy (non-hydrogen) atoms. The van der Waals surface area contributed by atoms with Crippen LogP contribution in [0.2, 0.25) is 0 Å². The zero-order valence-corrected chi connectivity index (χ0v) is 15.8. The number of nitrogens with zero attached hydrogens (tertiary/aromatic N) is 1. The smallest absolute Gasteiger partial charge is 0.416 e. The topological polar surface area (TPSA) is 38.7 Å². The monoisotopic (exact) mass is 435 g/mol. The fraction of sp³-hybridized carbons (Fsp3) is 0.263. The summed E-state index contributed by atoms with van der Waals surface area (Å²) in [4.78, 5) is 17.0. The van der Waals surface area contributed by atoms with Crippen molar-refractivity contribution in [3.05, 3.63) is 69.9 Å². The first-order valence-corrected chi connectivity index (χ1v) is 8.88. The Morgan fingerprint density at radius 3 is 2.14 bits per heavy atom. The number of hydrogen-bond acceptors (Lipinski definition) is 4. The molecule has 0 saturated carbocycles. The summed E-state index contributed by atoms with van der Waals surface area (Å²) >= 11 is 1.30. The van der Waals surface area contributed by atoms with Crippen molar-refractivity contribution in [3.8, 4) is 0 Å². The highest BCUT2D eigenvalue weighted by atomic mass is 32.1. The van der Waals surface area contributed by atoms with Gasteiger partial charge in [0.2, 0.25) is 0 Å². The molecule has 0 radical (unpaired) electrons. The molecule has 0 fully saturated rings. The van der Waals surface area contributed by atoms with Crippen LogP contribution in [0.15, 0.2) is 53.4 Å². The number of halogens is 6. The Morgan fingerprint density at radius 2 is 1.72 bits per heavy atom. The molecule has 1 aromatic carbocycles. The number of benzene rings is 1. The lowest BCUT2D eigenvalue weighted by atomic mass is 9.95. The molecule has 1 heterocycles. The molecule has 0 saturated heterocycles. The number of esters is 1. The van der Waals surface area contributed by atoms with E-state index in [2.05, 4.69) is 11.6 Å². The molecule has 1 unspecified atom stereocenters. The van der Waals surface area contributed by atoms with Crippen molar-refractivity contribution in [3.63, 3.8) is 0 Å². The van der Waals surface area contributed by atoms with Crippen LogP contribution < -0.4 is 0 Å². The minimum absolute atomic E-state index is 0.0115. The van der Waals surface area contributed by atoms with E-state index >= 15 is 0 Å². The number of carbonyl (C=O) groups is 1. The standard InChI is InChI=1S/C19H15F6NO2S/c1-3-17(16(27)28-2,10-15-5-4-6-29-15)26-11-12-7-13(18(20,21)22)9-14(8-12)19(23,24)25/h3-9,11H,1,10H2,2H3. The molecule has 0 spiro atoms. The number of ether oxygens (including phenoxy) is 1. The zero-order valence-electron chi connectivity index (χ0n) is 15.0. The first kappa shape index (κ1) is 22.7. The fourth-order valence-corrected chi connectivity index (χ4v) is 3.27. The first-order chi connectivity index (χ1) is 13.4. The van der Waals surface area contributed by atoms with E-state index in [0.717, 1.165) is 19.4 Å². The minimum Gasteiger partial charge on any atom is -0.467 e. The number of thiophene rings is 1. The normalized spacial score (nSPS) is 14.6. The van der Waals surface area contributed by atoms with Gasteiger partial charge in [0.1, 0.15) is 0 Å². The Hall–Kier alpha value is -2.62. The average Bonchev–Trinajstić information content (AvgIpc) is 3.15. The van der Waals surface area contributed by atoms with Crippen molar-refractivity contribution in [2.24, 2.45) is 4.99 Å². The molecule has 0 amide bonds. The summed E-state index contributed by atoms with van der Waals surface area (Å²) in [6.45, 7) is 3.54. The highest BCUT2D eigenvalue weighted by Crippen LogP contribution is 2.36. The van der Waals surface area contributed by atoms with Gasteiger partial charge in [-0.1, -0.05) is 12.1 Å². The van der Waals surface area contributed by atoms with Crippen LogP contribution in [-0.2, 0) is 28.3 Å². The van der Waals surface area contributed by atoms with E-state index in [1.165, 1.54) is 11.3 Å². The number of rotatable bonds is 6. The van der Waals surface area contributed by atoms with Crippen molar-refractivity contribution < 1.29 is 35.9 Å². The van der Waals surface area contributed by atoms with Gasteiger partial charge >= 0.3 is 18.3 Å². The van der Waals surface area contributed by atoms with Crippen molar-refractivity contribution in [1.82, 2.24) is 0 Å². The summed E-state index contributed by atoms with van der Waals surface area (Å²) < 4.78 is 82.8. The molecule has 0 aliphatic rings. The van der Waals surface area contributed by atoms with E-state index < -0.39 is 40.6 Å². The molecule has 1 atom stereocenters. The lowest BCUT2D eigenvalue weighted by Gasteiger charge is -2.22. The van der Waals surface area contributed by atoms with E-state index in [0.29, 0.717) is 17.0 Å². The summed E-state index contributed by atoms with van der Waals surface area (Å²) in [6.07, 6.45) is -8.05. The maximum absolute atomic E-state index is 13.0. The number of aliphatic imine (C=N–C) groups is 1. The molecule has 10 heteroatoms. The summed E-state index contributed by atoms with van der Waals surface area (Å²) in [5.41, 5.74) is -5.12. The highest BCUT2D eigenvalue weighted by molar-refractivity contribution is 7.09. The Balaban J connectivity index is 2.54. The zero-order chi connectivity index (χ0) is 21.9. The minimum atomic E-state index is -4.99. The Labute approximate surface area is 166 Å². The molecular weight excluding hydrogens is 420 g/mol. The Bertz CT molecular complexity index is 870. The summed E-state index contributed by atoms with van der Waals surface area (Å²) in [6, 6.07) is 4.48. The van der Waals surface area contributed by atoms with Gasteiger partial charge in [0, 0.05) is 17.5 Å². The number of hydrogen-bond donors (Lipinski definition) is 0. The summed E-state index contributed by atoms with van der Waals surface area (Å²) in [5, 5.41) is 1.74. The highest BCUT2D eigenvalue weighted by Gasteiger charge is 2.38. The third-order valence-corrected chi connectivity index (χ3v) is 4.83. The predicted molar refractivity (Wildman–Crippen MR) is 97.0 cm³/mol. The Kier molecular flexibility index (Phi) is 6.56. The molecule has 3 nitrogen and oxygen atoms in total. The fourth-order valence-electron chi connectivity index (χ4n) is 2.48. The van der Waals surface area contributed by atoms with E-state index in [1.807, 2.05) is 0 Å². The van der Waals surface area contributed by atoms with Gasteiger partial charge in [-0.2, -0.15) is 26.3 Å². The summed E-state index contributed by atoms with van der Waals surface area (Å²) in [5.74, 6) is -0.847. The maximum Gasteiger partial charge on any atom is 0.416 e. The van der Waals surface area contributed by atoms with Gasteiger partial charge in [-0.25, -0.2) is 4.79 Å². The van der Waals surface area contributed by atoms with E-state index in [1.54, 1.807) is 17.5 Å². The molecule has 0 N–H and O–H groups in total. The molecule has 156 valence electrons. The van der Waals surface area contributed by atoms with Crippen LogP contribution in [0.25, 0.3) is 0 Å². The molecule has 1 aromatic heterocycles. The molecule has 2 rings (SSSR count). The molecule has 2 aromatic rings. The van der Waals surface area contributed by atoms with Gasteiger partial charge in [-0.05, 0) is 35.2 Å². The van der Waals surface area contributed by atoms with E-state index in [4.69, 9.17) is 4.74 Å². The lowest BCUT2D eigenvalue weighted by Crippen LogP contribution is -2.38. The van der Waals surface area contributed by atoms with Crippen LogP contribution in [0, 0.1) is 0 Å². The van der Waals surface area contributed by atoms with Gasteiger partial charge in [-0.15, -0.1) is 17.9 Å². The van der Waals surface area contributed by atoms with Gasteiger partial charge in [0.15, 0.2) is 5.54 Å². The Morgan fingerprint density at radius 1 is 1.14 bits per heavy atom. The van der Waals surface area contributed by atoms with Gasteiger partial charge in [0.25, 0.3) is 0 Å². The van der Waals surface area contributed by atoms with Crippen LogP contribution in [-0.4, -0.2) is 24.8 Å².